The van der Waals surface area contributed by atoms with Gasteiger partial charge in [-0.05, 0) is 48.8 Å². The van der Waals surface area contributed by atoms with Crippen LogP contribution in [0.1, 0.15) is 29.1 Å². The lowest BCUT2D eigenvalue weighted by Gasteiger charge is -2.09. The Morgan fingerprint density at radius 3 is 2.68 bits per heavy atom. The molecule has 2 N–H and O–H groups in total. The number of oxazole rings is 1. The van der Waals surface area contributed by atoms with Gasteiger partial charge in [-0.25, -0.2) is 9.98 Å². The summed E-state index contributed by atoms with van der Waals surface area (Å²) >= 11 is 5.17. The minimum Gasteiger partial charge on any atom is -0.444 e. The SMILES string of the molecule is CCNC(=NCc1nc(C)c(C)o1)NCc1ccc(Br)s1.I. The van der Waals surface area contributed by atoms with Crippen molar-refractivity contribution in [2.45, 2.75) is 33.9 Å². The predicted octanol–water partition coefficient (Wildman–Crippen LogP) is 3.99. The Bertz CT molecular complexity index is 607. The number of nitrogens with one attached hydrogen (secondary N) is 2. The molecular formula is C14H20BrIN4OS. The van der Waals surface area contributed by atoms with Gasteiger partial charge in [-0.1, -0.05) is 0 Å². The summed E-state index contributed by atoms with van der Waals surface area (Å²) in [5.41, 5.74) is 0.918. The third-order valence-corrected chi connectivity index (χ3v) is 4.47. The van der Waals surface area contributed by atoms with Gasteiger partial charge >= 0.3 is 0 Å². The zero-order chi connectivity index (χ0) is 15.2. The van der Waals surface area contributed by atoms with Gasteiger partial charge < -0.3 is 15.1 Å². The first kappa shape index (κ1) is 19.4. The highest BCUT2D eigenvalue weighted by atomic mass is 127. The van der Waals surface area contributed by atoms with E-state index in [0.29, 0.717) is 12.4 Å². The molecule has 0 spiro atoms. The molecule has 0 aliphatic heterocycles. The van der Waals surface area contributed by atoms with Crippen LogP contribution in [0.4, 0.5) is 0 Å². The lowest BCUT2D eigenvalue weighted by Crippen LogP contribution is -2.36. The summed E-state index contributed by atoms with van der Waals surface area (Å²) in [6.07, 6.45) is 0. The molecule has 0 radical (unpaired) electrons. The molecule has 2 rings (SSSR count). The fraction of sp³-hybridized carbons (Fsp3) is 0.429. The van der Waals surface area contributed by atoms with Gasteiger partial charge in [0.2, 0.25) is 5.89 Å². The van der Waals surface area contributed by atoms with Crippen molar-refractivity contribution in [2.75, 3.05) is 6.54 Å². The lowest BCUT2D eigenvalue weighted by molar-refractivity contribution is 0.473. The number of aryl methyl sites for hydroxylation is 2. The second kappa shape index (κ2) is 9.51. The number of hydrogen-bond acceptors (Lipinski definition) is 4. The van der Waals surface area contributed by atoms with Crippen molar-refractivity contribution in [3.63, 3.8) is 0 Å². The van der Waals surface area contributed by atoms with Crippen LogP contribution in [0.2, 0.25) is 0 Å². The van der Waals surface area contributed by atoms with Crippen LogP contribution in [0.25, 0.3) is 0 Å². The van der Waals surface area contributed by atoms with Crippen LogP contribution in [0.15, 0.2) is 25.3 Å². The number of guanidine groups is 1. The average Bonchev–Trinajstić information content (AvgIpc) is 3.00. The number of thiophene rings is 1. The molecule has 122 valence electrons. The van der Waals surface area contributed by atoms with Gasteiger partial charge in [0, 0.05) is 11.4 Å². The monoisotopic (exact) mass is 498 g/mol. The van der Waals surface area contributed by atoms with Gasteiger partial charge in [0.25, 0.3) is 0 Å². The van der Waals surface area contributed by atoms with Crippen LogP contribution in [-0.2, 0) is 13.1 Å². The fourth-order valence-corrected chi connectivity index (χ4v) is 3.14. The summed E-state index contributed by atoms with van der Waals surface area (Å²) in [6.45, 7) is 7.86. The zero-order valence-electron chi connectivity index (χ0n) is 12.8. The normalized spacial score (nSPS) is 11.2. The van der Waals surface area contributed by atoms with Gasteiger partial charge in [0.15, 0.2) is 5.96 Å². The molecule has 0 saturated carbocycles. The van der Waals surface area contributed by atoms with Gasteiger partial charge in [-0.2, -0.15) is 0 Å². The van der Waals surface area contributed by atoms with E-state index in [1.54, 1.807) is 11.3 Å². The first-order valence-corrected chi connectivity index (χ1v) is 8.38. The number of halogens is 2. The zero-order valence-corrected chi connectivity index (χ0v) is 17.5. The van der Waals surface area contributed by atoms with E-state index in [-0.39, 0.29) is 24.0 Å². The van der Waals surface area contributed by atoms with Crippen molar-refractivity contribution in [2.24, 2.45) is 4.99 Å². The molecule has 2 heterocycles. The summed E-state index contributed by atoms with van der Waals surface area (Å²) in [5, 5.41) is 6.51. The molecular weight excluding hydrogens is 479 g/mol. The molecule has 0 aromatic carbocycles. The summed E-state index contributed by atoms with van der Waals surface area (Å²) in [7, 11) is 0. The smallest absolute Gasteiger partial charge is 0.216 e. The fourth-order valence-electron chi connectivity index (χ4n) is 1.71. The highest BCUT2D eigenvalue weighted by Gasteiger charge is 2.06. The molecule has 8 heteroatoms. The van der Waals surface area contributed by atoms with Crippen LogP contribution in [0, 0.1) is 13.8 Å². The molecule has 5 nitrogen and oxygen atoms in total. The number of aromatic nitrogens is 1. The van der Waals surface area contributed by atoms with Gasteiger partial charge in [0.05, 0.1) is 16.0 Å². The highest BCUT2D eigenvalue weighted by molar-refractivity contribution is 14.0. The molecule has 0 unspecified atom stereocenters. The Morgan fingerprint density at radius 1 is 1.36 bits per heavy atom. The molecule has 0 amide bonds. The largest absolute Gasteiger partial charge is 0.444 e. The van der Waals surface area contributed by atoms with E-state index in [2.05, 4.69) is 42.6 Å². The van der Waals surface area contributed by atoms with Crippen molar-refractivity contribution in [1.82, 2.24) is 15.6 Å². The second-order valence-electron chi connectivity index (χ2n) is 4.50. The summed E-state index contributed by atoms with van der Waals surface area (Å²) in [4.78, 5) is 10.1. The minimum absolute atomic E-state index is 0. The Morgan fingerprint density at radius 2 is 2.14 bits per heavy atom. The van der Waals surface area contributed by atoms with E-state index in [1.807, 2.05) is 26.8 Å². The molecule has 0 atom stereocenters. The van der Waals surface area contributed by atoms with Crippen molar-refractivity contribution < 1.29 is 4.42 Å². The average molecular weight is 499 g/mol. The first-order valence-electron chi connectivity index (χ1n) is 6.77. The highest BCUT2D eigenvalue weighted by Crippen LogP contribution is 2.21. The van der Waals surface area contributed by atoms with Crippen molar-refractivity contribution in [1.29, 1.82) is 0 Å². The van der Waals surface area contributed by atoms with Gasteiger partial charge in [-0.15, -0.1) is 35.3 Å². The number of nitrogens with zero attached hydrogens (tertiary/aromatic N) is 2. The van der Waals surface area contributed by atoms with E-state index in [1.165, 1.54) is 4.88 Å². The standard InChI is InChI=1S/C14H19BrN4OS.HI/c1-4-16-14(17-7-11-5-6-12(15)21-11)18-8-13-19-9(2)10(3)20-13;/h5-6H,4,7-8H2,1-3H3,(H2,16,17,18);1H. The first-order chi connectivity index (χ1) is 10.1. The van der Waals surface area contributed by atoms with Gasteiger partial charge in [-0.3, -0.25) is 0 Å². The Hall–Kier alpha value is -0.610. The Kier molecular flexibility index (Phi) is 8.40. The third kappa shape index (κ3) is 5.88. The molecule has 0 aliphatic carbocycles. The van der Waals surface area contributed by atoms with E-state index in [9.17, 15) is 0 Å². The van der Waals surface area contributed by atoms with Gasteiger partial charge in [0.1, 0.15) is 12.3 Å². The van der Waals surface area contributed by atoms with E-state index in [4.69, 9.17) is 4.42 Å². The number of hydrogen-bond donors (Lipinski definition) is 2. The minimum atomic E-state index is 0. The Labute approximate surface area is 160 Å². The molecule has 0 fully saturated rings. The third-order valence-electron chi connectivity index (χ3n) is 2.85. The molecule has 22 heavy (non-hydrogen) atoms. The van der Waals surface area contributed by atoms with E-state index < -0.39 is 0 Å². The van der Waals surface area contributed by atoms with Crippen molar-refractivity contribution >= 4 is 57.2 Å². The van der Waals surface area contributed by atoms with Crippen LogP contribution in [-0.4, -0.2) is 17.5 Å². The molecule has 0 bridgehead atoms. The van der Waals surface area contributed by atoms with Crippen molar-refractivity contribution in [3.8, 4) is 0 Å². The molecule has 2 aromatic heterocycles. The summed E-state index contributed by atoms with van der Waals surface area (Å²) in [5.74, 6) is 2.25. The van der Waals surface area contributed by atoms with Crippen LogP contribution >= 0.6 is 51.2 Å². The van der Waals surface area contributed by atoms with Crippen LogP contribution in [0.5, 0.6) is 0 Å². The maximum Gasteiger partial charge on any atom is 0.216 e. The predicted molar refractivity (Wildman–Crippen MR) is 105 cm³/mol. The maximum absolute atomic E-state index is 5.53. The van der Waals surface area contributed by atoms with E-state index in [0.717, 1.165) is 34.3 Å². The van der Waals surface area contributed by atoms with Crippen LogP contribution in [0.3, 0.4) is 0 Å². The molecule has 0 aliphatic rings. The number of rotatable bonds is 5. The second-order valence-corrected chi connectivity index (χ2v) is 7.05. The quantitative estimate of drug-likeness (QED) is 0.371. The van der Waals surface area contributed by atoms with E-state index >= 15 is 0 Å². The molecule has 2 aromatic rings. The summed E-state index contributed by atoms with van der Waals surface area (Å²) < 4.78 is 6.66. The maximum atomic E-state index is 5.53. The lowest BCUT2D eigenvalue weighted by atomic mass is 10.4. The van der Waals surface area contributed by atoms with Crippen molar-refractivity contribution in [3.05, 3.63) is 38.1 Å². The molecule has 0 saturated heterocycles. The topological polar surface area (TPSA) is 62.5 Å². The summed E-state index contributed by atoms with van der Waals surface area (Å²) in [6, 6.07) is 4.14. The number of aliphatic imine (C=N–C) groups is 1. The Balaban J connectivity index is 0.00000242. The van der Waals surface area contributed by atoms with Crippen LogP contribution < -0.4 is 10.6 Å².